The zero-order valence-corrected chi connectivity index (χ0v) is 17.1. The molecule has 1 N–H and O–H groups in total. The van der Waals surface area contributed by atoms with E-state index in [4.69, 9.17) is 9.47 Å². The lowest BCUT2D eigenvalue weighted by Crippen LogP contribution is -2.40. The molecule has 1 aliphatic carbocycles. The van der Waals surface area contributed by atoms with Crippen LogP contribution in [0.3, 0.4) is 0 Å². The minimum absolute atomic E-state index is 0. The average molecular weight is 439 g/mol. The van der Waals surface area contributed by atoms with Gasteiger partial charge in [-0.25, -0.2) is 0 Å². The van der Waals surface area contributed by atoms with E-state index >= 15 is 0 Å². The zero-order chi connectivity index (χ0) is 15.6. The fourth-order valence-corrected chi connectivity index (χ4v) is 3.48. The molecular formula is C17H34IN3O2. The van der Waals surface area contributed by atoms with Crippen LogP contribution in [0.1, 0.15) is 44.9 Å². The monoisotopic (exact) mass is 439 g/mol. The standard InChI is InChI=1S/C17H33N3O2.HI/c1-18-17(20-11-9-15(13-20)14-21-2)19-10-6-12-22-16-7-4-3-5-8-16;/h15-16H,3-14H2,1-2H3,(H,18,19);1H. The normalized spacial score (nSPS) is 23.0. The number of hydrogen-bond acceptors (Lipinski definition) is 3. The summed E-state index contributed by atoms with van der Waals surface area (Å²) in [5, 5.41) is 3.47. The summed E-state index contributed by atoms with van der Waals surface area (Å²) in [6.45, 7) is 4.77. The number of nitrogens with zero attached hydrogens (tertiary/aromatic N) is 2. The molecule has 136 valence electrons. The van der Waals surface area contributed by atoms with Crippen molar-refractivity contribution in [3.63, 3.8) is 0 Å². The Morgan fingerprint density at radius 1 is 1.22 bits per heavy atom. The minimum Gasteiger partial charge on any atom is -0.384 e. The van der Waals surface area contributed by atoms with Gasteiger partial charge in [-0.15, -0.1) is 24.0 Å². The van der Waals surface area contributed by atoms with Crippen molar-refractivity contribution in [1.82, 2.24) is 10.2 Å². The summed E-state index contributed by atoms with van der Waals surface area (Å²) in [6, 6.07) is 0. The van der Waals surface area contributed by atoms with Gasteiger partial charge in [0.2, 0.25) is 0 Å². The third kappa shape index (κ3) is 7.56. The zero-order valence-electron chi connectivity index (χ0n) is 14.8. The molecular weight excluding hydrogens is 405 g/mol. The van der Waals surface area contributed by atoms with Crippen LogP contribution in [0.2, 0.25) is 0 Å². The Morgan fingerprint density at radius 2 is 2.00 bits per heavy atom. The Kier molecular flexibility index (Phi) is 11.2. The summed E-state index contributed by atoms with van der Waals surface area (Å²) in [5.41, 5.74) is 0. The van der Waals surface area contributed by atoms with Gasteiger partial charge in [-0.1, -0.05) is 19.3 Å². The van der Waals surface area contributed by atoms with E-state index in [-0.39, 0.29) is 24.0 Å². The van der Waals surface area contributed by atoms with Crippen LogP contribution in [0, 0.1) is 5.92 Å². The molecule has 0 amide bonds. The second-order valence-corrected chi connectivity index (χ2v) is 6.51. The van der Waals surface area contributed by atoms with Gasteiger partial charge in [0, 0.05) is 46.3 Å². The maximum absolute atomic E-state index is 5.96. The van der Waals surface area contributed by atoms with Crippen molar-refractivity contribution in [2.45, 2.75) is 51.0 Å². The predicted octanol–water partition coefficient (Wildman–Crippen LogP) is 2.89. The summed E-state index contributed by atoms with van der Waals surface area (Å²) in [6.07, 6.45) is 9.33. The van der Waals surface area contributed by atoms with Gasteiger partial charge in [0.25, 0.3) is 0 Å². The lowest BCUT2D eigenvalue weighted by Gasteiger charge is -2.23. The summed E-state index contributed by atoms with van der Waals surface area (Å²) >= 11 is 0. The lowest BCUT2D eigenvalue weighted by atomic mass is 9.98. The molecule has 0 bridgehead atoms. The third-order valence-corrected chi connectivity index (χ3v) is 4.71. The topological polar surface area (TPSA) is 46.1 Å². The first kappa shape index (κ1) is 21.0. The van der Waals surface area contributed by atoms with Crippen LogP contribution in [0.5, 0.6) is 0 Å². The Morgan fingerprint density at radius 3 is 2.70 bits per heavy atom. The van der Waals surface area contributed by atoms with Crippen molar-refractivity contribution in [3.8, 4) is 0 Å². The van der Waals surface area contributed by atoms with E-state index in [1.807, 2.05) is 7.05 Å². The third-order valence-electron chi connectivity index (χ3n) is 4.71. The second kappa shape index (κ2) is 12.3. The molecule has 23 heavy (non-hydrogen) atoms. The van der Waals surface area contributed by atoms with Crippen molar-refractivity contribution < 1.29 is 9.47 Å². The number of likely N-dealkylation sites (tertiary alicyclic amines) is 1. The van der Waals surface area contributed by atoms with Crippen LogP contribution in [0.15, 0.2) is 4.99 Å². The maximum Gasteiger partial charge on any atom is 0.193 e. The van der Waals surface area contributed by atoms with Crippen LogP contribution in [-0.2, 0) is 9.47 Å². The van der Waals surface area contributed by atoms with Crippen molar-refractivity contribution in [2.24, 2.45) is 10.9 Å². The summed E-state index contributed by atoms with van der Waals surface area (Å²) < 4.78 is 11.2. The van der Waals surface area contributed by atoms with E-state index in [1.54, 1.807) is 7.11 Å². The molecule has 1 aliphatic heterocycles. The number of methoxy groups -OCH3 is 1. The van der Waals surface area contributed by atoms with E-state index in [9.17, 15) is 0 Å². The van der Waals surface area contributed by atoms with Gasteiger partial charge in [0.15, 0.2) is 5.96 Å². The number of ether oxygens (including phenoxy) is 2. The minimum atomic E-state index is 0. The number of nitrogens with one attached hydrogen (secondary N) is 1. The van der Waals surface area contributed by atoms with Crippen molar-refractivity contribution in [2.75, 3.05) is 47.0 Å². The van der Waals surface area contributed by atoms with Gasteiger partial charge in [-0.2, -0.15) is 0 Å². The second-order valence-electron chi connectivity index (χ2n) is 6.51. The van der Waals surface area contributed by atoms with Gasteiger partial charge in [0.05, 0.1) is 12.7 Å². The SMILES string of the molecule is CN=C(NCCCOC1CCCCC1)N1CCC(COC)C1.I. The van der Waals surface area contributed by atoms with Crippen molar-refractivity contribution in [1.29, 1.82) is 0 Å². The molecule has 6 heteroatoms. The van der Waals surface area contributed by atoms with Crippen LogP contribution < -0.4 is 5.32 Å². The van der Waals surface area contributed by atoms with E-state index in [2.05, 4.69) is 15.2 Å². The van der Waals surface area contributed by atoms with Gasteiger partial charge in [-0.3, -0.25) is 4.99 Å². The Bertz CT molecular complexity index is 336. The Hall–Kier alpha value is -0.0800. The summed E-state index contributed by atoms with van der Waals surface area (Å²) in [5.74, 6) is 1.66. The van der Waals surface area contributed by atoms with Crippen molar-refractivity contribution in [3.05, 3.63) is 0 Å². The number of aliphatic imine (C=N–C) groups is 1. The van der Waals surface area contributed by atoms with E-state index < -0.39 is 0 Å². The molecule has 1 unspecified atom stereocenters. The molecule has 5 nitrogen and oxygen atoms in total. The molecule has 0 radical (unpaired) electrons. The quantitative estimate of drug-likeness (QED) is 0.287. The van der Waals surface area contributed by atoms with E-state index in [1.165, 1.54) is 38.5 Å². The van der Waals surface area contributed by atoms with Crippen LogP contribution >= 0.6 is 24.0 Å². The molecule has 0 aromatic heterocycles. The molecule has 1 heterocycles. The average Bonchev–Trinajstić information content (AvgIpc) is 3.01. The number of rotatable bonds is 7. The van der Waals surface area contributed by atoms with E-state index in [0.717, 1.165) is 45.2 Å². The highest BCUT2D eigenvalue weighted by Gasteiger charge is 2.24. The maximum atomic E-state index is 5.96. The molecule has 1 saturated carbocycles. The first-order chi connectivity index (χ1) is 10.8. The van der Waals surface area contributed by atoms with E-state index in [0.29, 0.717) is 12.0 Å². The molecule has 2 aliphatic rings. The Balaban J connectivity index is 0.00000264. The molecule has 1 atom stereocenters. The molecule has 0 aromatic rings. The van der Waals surface area contributed by atoms with Crippen LogP contribution in [-0.4, -0.2) is 64.0 Å². The lowest BCUT2D eigenvalue weighted by molar-refractivity contribution is 0.0276. The fraction of sp³-hybridized carbons (Fsp3) is 0.941. The molecule has 2 rings (SSSR count). The highest BCUT2D eigenvalue weighted by Crippen LogP contribution is 2.20. The predicted molar refractivity (Wildman–Crippen MR) is 106 cm³/mol. The van der Waals surface area contributed by atoms with Gasteiger partial charge < -0.3 is 19.7 Å². The molecule has 1 saturated heterocycles. The van der Waals surface area contributed by atoms with Gasteiger partial charge in [-0.05, 0) is 25.7 Å². The Labute approximate surface area is 158 Å². The number of guanidine groups is 1. The van der Waals surface area contributed by atoms with Crippen molar-refractivity contribution >= 4 is 29.9 Å². The summed E-state index contributed by atoms with van der Waals surface area (Å²) in [7, 11) is 3.65. The van der Waals surface area contributed by atoms with Gasteiger partial charge in [0.1, 0.15) is 0 Å². The smallest absolute Gasteiger partial charge is 0.193 e. The highest BCUT2D eigenvalue weighted by atomic mass is 127. The first-order valence-electron chi connectivity index (χ1n) is 8.89. The number of hydrogen-bond donors (Lipinski definition) is 1. The first-order valence-corrected chi connectivity index (χ1v) is 8.89. The fourth-order valence-electron chi connectivity index (χ4n) is 3.48. The molecule has 0 aromatic carbocycles. The summed E-state index contributed by atoms with van der Waals surface area (Å²) in [4.78, 5) is 6.74. The van der Waals surface area contributed by atoms with Crippen LogP contribution in [0.4, 0.5) is 0 Å². The molecule has 2 fully saturated rings. The highest BCUT2D eigenvalue weighted by molar-refractivity contribution is 14.0. The molecule has 0 spiro atoms. The van der Waals surface area contributed by atoms with Crippen LogP contribution in [0.25, 0.3) is 0 Å². The van der Waals surface area contributed by atoms with Gasteiger partial charge >= 0.3 is 0 Å². The number of halogens is 1. The largest absolute Gasteiger partial charge is 0.384 e.